The predicted molar refractivity (Wildman–Crippen MR) is 107 cm³/mol. The SMILES string of the molecule is Cn1cc(C(=O)NCc2ccccc2)c2[nH]c(=O)n(-c3ccccc3)c(=O)c21. The van der Waals surface area contributed by atoms with Crippen LogP contribution in [0.25, 0.3) is 16.7 Å². The number of benzene rings is 2. The van der Waals surface area contributed by atoms with E-state index in [1.165, 1.54) is 0 Å². The van der Waals surface area contributed by atoms with Crippen molar-refractivity contribution in [1.82, 2.24) is 19.4 Å². The molecule has 0 bridgehead atoms. The molecule has 1 amide bonds. The highest BCUT2D eigenvalue weighted by Gasteiger charge is 2.19. The third-order valence-corrected chi connectivity index (χ3v) is 4.58. The van der Waals surface area contributed by atoms with Gasteiger partial charge in [0.25, 0.3) is 11.5 Å². The summed E-state index contributed by atoms with van der Waals surface area (Å²) < 4.78 is 2.62. The first-order valence-electron chi connectivity index (χ1n) is 8.78. The summed E-state index contributed by atoms with van der Waals surface area (Å²) in [6.07, 6.45) is 1.55. The van der Waals surface area contributed by atoms with E-state index in [-0.39, 0.29) is 22.5 Å². The van der Waals surface area contributed by atoms with Crippen molar-refractivity contribution in [3.63, 3.8) is 0 Å². The van der Waals surface area contributed by atoms with Gasteiger partial charge in [-0.2, -0.15) is 0 Å². The van der Waals surface area contributed by atoms with Gasteiger partial charge in [-0.15, -0.1) is 0 Å². The molecule has 0 saturated carbocycles. The van der Waals surface area contributed by atoms with Crippen molar-refractivity contribution >= 4 is 16.9 Å². The highest BCUT2D eigenvalue weighted by atomic mass is 16.2. The normalized spacial score (nSPS) is 10.9. The van der Waals surface area contributed by atoms with Gasteiger partial charge in [-0.1, -0.05) is 48.5 Å². The minimum Gasteiger partial charge on any atom is -0.348 e. The maximum atomic E-state index is 13.0. The van der Waals surface area contributed by atoms with Crippen molar-refractivity contribution in [3.8, 4) is 5.69 Å². The first-order valence-corrected chi connectivity index (χ1v) is 8.78. The standard InChI is InChI=1S/C21H18N4O3/c1-24-13-16(19(26)22-12-14-8-4-2-5-9-14)17-18(24)20(27)25(21(28)23-17)15-10-6-3-7-11-15/h2-11,13H,12H2,1H3,(H,22,26)(H,23,28). The number of para-hydroxylation sites is 1. The maximum absolute atomic E-state index is 13.0. The number of nitrogens with one attached hydrogen (secondary N) is 2. The van der Waals surface area contributed by atoms with E-state index in [1.807, 2.05) is 30.3 Å². The number of rotatable bonds is 4. The van der Waals surface area contributed by atoms with Gasteiger partial charge in [-0.3, -0.25) is 9.59 Å². The average Bonchev–Trinajstić information content (AvgIpc) is 3.04. The number of carbonyl (C=O) groups excluding carboxylic acids is 1. The molecule has 0 radical (unpaired) electrons. The Bertz CT molecular complexity index is 1270. The van der Waals surface area contributed by atoms with Gasteiger partial charge in [0.2, 0.25) is 0 Å². The van der Waals surface area contributed by atoms with Crippen LogP contribution in [0.1, 0.15) is 15.9 Å². The van der Waals surface area contributed by atoms with Gasteiger partial charge in [0.1, 0.15) is 5.52 Å². The second-order valence-electron chi connectivity index (χ2n) is 6.45. The summed E-state index contributed by atoms with van der Waals surface area (Å²) in [5, 5.41) is 2.82. The molecule has 2 heterocycles. The fourth-order valence-corrected chi connectivity index (χ4v) is 3.23. The number of H-pyrrole nitrogens is 1. The lowest BCUT2D eigenvalue weighted by Gasteiger charge is -2.06. The summed E-state index contributed by atoms with van der Waals surface area (Å²) >= 11 is 0. The molecule has 0 unspecified atom stereocenters. The van der Waals surface area contributed by atoms with E-state index in [4.69, 9.17) is 0 Å². The van der Waals surface area contributed by atoms with Crippen LogP contribution >= 0.6 is 0 Å². The van der Waals surface area contributed by atoms with Crippen molar-refractivity contribution in [2.45, 2.75) is 6.54 Å². The molecule has 7 nitrogen and oxygen atoms in total. The molecule has 7 heteroatoms. The lowest BCUT2D eigenvalue weighted by Crippen LogP contribution is -2.34. The molecule has 0 aliphatic carbocycles. The smallest absolute Gasteiger partial charge is 0.333 e. The van der Waals surface area contributed by atoms with Crippen LogP contribution in [0.15, 0.2) is 76.4 Å². The van der Waals surface area contributed by atoms with Crippen LogP contribution in [0.2, 0.25) is 0 Å². The van der Waals surface area contributed by atoms with Crippen molar-refractivity contribution in [2.75, 3.05) is 0 Å². The Balaban J connectivity index is 1.77. The molecule has 140 valence electrons. The average molecular weight is 374 g/mol. The Morgan fingerprint density at radius 3 is 2.32 bits per heavy atom. The summed E-state index contributed by atoms with van der Waals surface area (Å²) in [5.74, 6) is -0.359. The minimum atomic E-state index is -0.591. The Morgan fingerprint density at radius 2 is 1.64 bits per heavy atom. The molecule has 4 aromatic rings. The highest BCUT2D eigenvalue weighted by Crippen LogP contribution is 2.15. The monoisotopic (exact) mass is 374 g/mol. The molecule has 0 aliphatic heterocycles. The summed E-state index contributed by atoms with van der Waals surface area (Å²) in [4.78, 5) is 40.9. The summed E-state index contributed by atoms with van der Waals surface area (Å²) in [7, 11) is 1.67. The number of aromatic nitrogens is 3. The molecule has 28 heavy (non-hydrogen) atoms. The number of fused-ring (bicyclic) bond motifs is 1. The van der Waals surface area contributed by atoms with Gasteiger partial charge in [-0.05, 0) is 17.7 Å². The Morgan fingerprint density at radius 1 is 1.00 bits per heavy atom. The van der Waals surface area contributed by atoms with E-state index >= 15 is 0 Å². The lowest BCUT2D eigenvalue weighted by atomic mass is 10.2. The van der Waals surface area contributed by atoms with Gasteiger partial charge < -0.3 is 14.9 Å². The van der Waals surface area contributed by atoms with Gasteiger partial charge in [0, 0.05) is 19.8 Å². The number of nitrogens with zero attached hydrogens (tertiary/aromatic N) is 2. The predicted octanol–water partition coefficient (Wildman–Crippen LogP) is 1.95. The number of aromatic amines is 1. The van der Waals surface area contributed by atoms with Crippen molar-refractivity contribution < 1.29 is 4.79 Å². The van der Waals surface area contributed by atoms with Crippen LogP contribution in [-0.4, -0.2) is 20.0 Å². The molecule has 2 aromatic carbocycles. The molecule has 0 atom stereocenters. The second kappa shape index (κ2) is 7.03. The van der Waals surface area contributed by atoms with E-state index in [2.05, 4.69) is 10.3 Å². The number of hydrogen-bond acceptors (Lipinski definition) is 3. The quantitative estimate of drug-likeness (QED) is 0.572. The topological polar surface area (TPSA) is 88.9 Å². The summed E-state index contributed by atoms with van der Waals surface area (Å²) in [5.41, 5.74) is 1.09. The van der Waals surface area contributed by atoms with E-state index in [9.17, 15) is 14.4 Å². The van der Waals surface area contributed by atoms with Gasteiger partial charge in [0.15, 0.2) is 0 Å². The molecule has 2 N–H and O–H groups in total. The number of hydrogen-bond donors (Lipinski definition) is 2. The van der Waals surface area contributed by atoms with Crippen LogP contribution in [0, 0.1) is 0 Å². The fraction of sp³-hybridized carbons (Fsp3) is 0.0952. The molecule has 4 rings (SSSR count). The zero-order valence-corrected chi connectivity index (χ0v) is 15.2. The van der Waals surface area contributed by atoms with Gasteiger partial charge in [0.05, 0.1) is 16.8 Å². The molecule has 0 saturated heterocycles. The third-order valence-electron chi connectivity index (χ3n) is 4.58. The first kappa shape index (κ1) is 17.5. The van der Waals surface area contributed by atoms with Crippen LogP contribution in [0.3, 0.4) is 0 Å². The maximum Gasteiger partial charge on any atom is 0.333 e. The molecule has 0 spiro atoms. The van der Waals surface area contributed by atoms with Crippen molar-refractivity contribution in [3.05, 3.63) is 98.8 Å². The number of carbonyl (C=O) groups is 1. The van der Waals surface area contributed by atoms with Crippen LogP contribution in [0.4, 0.5) is 0 Å². The Kier molecular flexibility index (Phi) is 4.41. The Labute approximate surface area is 159 Å². The number of aryl methyl sites for hydroxylation is 1. The van der Waals surface area contributed by atoms with Crippen molar-refractivity contribution in [2.24, 2.45) is 7.05 Å². The molecule has 0 fully saturated rings. The van der Waals surface area contributed by atoms with Gasteiger partial charge >= 0.3 is 5.69 Å². The van der Waals surface area contributed by atoms with Crippen LogP contribution < -0.4 is 16.6 Å². The van der Waals surface area contributed by atoms with Crippen LogP contribution in [0.5, 0.6) is 0 Å². The molecule has 2 aromatic heterocycles. The minimum absolute atomic E-state index is 0.232. The zero-order chi connectivity index (χ0) is 19.7. The summed E-state index contributed by atoms with van der Waals surface area (Å²) in [6.45, 7) is 0.349. The lowest BCUT2D eigenvalue weighted by molar-refractivity contribution is 0.0952. The van der Waals surface area contributed by atoms with Crippen molar-refractivity contribution in [1.29, 1.82) is 0 Å². The molecular formula is C21H18N4O3. The van der Waals surface area contributed by atoms with E-state index in [0.29, 0.717) is 12.2 Å². The van der Waals surface area contributed by atoms with Crippen LogP contribution in [-0.2, 0) is 13.6 Å². The van der Waals surface area contributed by atoms with E-state index in [1.54, 1.807) is 48.1 Å². The third kappa shape index (κ3) is 3.03. The van der Waals surface area contributed by atoms with Gasteiger partial charge in [-0.25, -0.2) is 9.36 Å². The highest BCUT2D eigenvalue weighted by molar-refractivity contribution is 6.05. The molecular weight excluding hydrogens is 356 g/mol. The Hall–Kier alpha value is -3.87. The van der Waals surface area contributed by atoms with E-state index < -0.39 is 11.2 Å². The number of amides is 1. The zero-order valence-electron chi connectivity index (χ0n) is 15.2. The molecule has 0 aliphatic rings. The first-order chi connectivity index (χ1) is 13.6. The van der Waals surface area contributed by atoms with E-state index in [0.717, 1.165) is 10.1 Å². The fourth-order valence-electron chi connectivity index (χ4n) is 3.23. The largest absolute Gasteiger partial charge is 0.348 e. The second-order valence-corrected chi connectivity index (χ2v) is 6.45. The summed E-state index contributed by atoms with van der Waals surface area (Å²) in [6, 6.07) is 18.2.